The van der Waals surface area contributed by atoms with Gasteiger partial charge in [0.25, 0.3) is 0 Å². The molecule has 1 N–H and O–H groups in total. The fourth-order valence-corrected chi connectivity index (χ4v) is 5.84. The molecule has 1 saturated heterocycles. The molecule has 1 aromatic heterocycles. The lowest BCUT2D eigenvalue weighted by atomic mass is 9.97. The summed E-state index contributed by atoms with van der Waals surface area (Å²) in [5.74, 6) is -0.426. The van der Waals surface area contributed by atoms with Crippen LogP contribution in [0.5, 0.6) is 0 Å². The number of imidazole rings is 1. The Morgan fingerprint density at radius 3 is 2.55 bits per heavy atom. The van der Waals surface area contributed by atoms with E-state index in [-0.39, 0.29) is 17.6 Å². The van der Waals surface area contributed by atoms with Crippen LogP contribution in [0.4, 0.5) is 0 Å². The van der Waals surface area contributed by atoms with E-state index in [2.05, 4.69) is 10.3 Å². The number of amides is 1. The molecular formula is C23H24Cl2N4O3S. The highest BCUT2D eigenvalue weighted by Crippen LogP contribution is 2.26. The van der Waals surface area contributed by atoms with Crippen LogP contribution in [0.3, 0.4) is 0 Å². The van der Waals surface area contributed by atoms with Crippen molar-refractivity contribution in [1.82, 2.24) is 19.2 Å². The molecule has 0 saturated carbocycles. The molecule has 174 valence electrons. The lowest BCUT2D eigenvalue weighted by Crippen LogP contribution is -2.43. The SMILES string of the molecule is O=C(NCc1ccccc1-n1ccnc1)C1CCN(S(=O)(=O)Cc2ccc(Cl)c(Cl)c2)CC1. The topological polar surface area (TPSA) is 84.3 Å². The van der Waals surface area contributed by atoms with Crippen LogP contribution in [0.1, 0.15) is 24.0 Å². The molecule has 2 aromatic carbocycles. The summed E-state index contributed by atoms with van der Waals surface area (Å²) in [6.07, 6.45) is 6.24. The standard InChI is InChI=1S/C23H24Cl2N4O3S/c24-20-6-5-17(13-21(20)25)15-33(31,32)29-10-7-18(8-11-29)23(30)27-14-19-3-1-2-4-22(19)28-12-9-26-16-28/h1-6,9,12-13,16,18H,7-8,10-11,14-15H2,(H,27,30). The summed E-state index contributed by atoms with van der Waals surface area (Å²) in [5.41, 5.74) is 2.52. The van der Waals surface area contributed by atoms with Crippen molar-refractivity contribution in [1.29, 1.82) is 0 Å². The summed E-state index contributed by atoms with van der Waals surface area (Å²) in [4.78, 5) is 16.8. The van der Waals surface area contributed by atoms with E-state index in [9.17, 15) is 13.2 Å². The van der Waals surface area contributed by atoms with Crippen molar-refractivity contribution < 1.29 is 13.2 Å². The monoisotopic (exact) mass is 506 g/mol. The Morgan fingerprint density at radius 1 is 1.09 bits per heavy atom. The lowest BCUT2D eigenvalue weighted by Gasteiger charge is -2.30. The Labute approximate surface area is 203 Å². The highest BCUT2D eigenvalue weighted by molar-refractivity contribution is 7.88. The molecule has 0 unspecified atom stereocenters. The van der Waals surface area contributed by atoms with Crippen molar-refractivity contribution >= 4 is 39.1 Å². The molecule has 0 radical (unpaired) electrons. The van der Waals surface area contributed by atoms with Crippen LogP contribution < -0.4 is 5.32 Å². The van der Waals surface area contributed by atoms with Gasteiger partial charge in [0.1, 0.15) is 0 Å². The van der Waals surface area contributed by atoms with E-state index in [0.29, 0.717) is 48.1 Å². The van der Waals surface area contributed by atoms with Crippen LogP contribution in [0, 0.1) is 5.92 Å². The number of hydrogen-bond donors (Lipinski definition) is 1. The molecule has 0 bridgehead atoms. The van der Waals surface area contributed by atoms with Crippen LogP contribution in [-0.2, 0) is 27.1 Å². The summed E-state index contributed by atoms with van der Waals surface area (Å²) < 4.78 is 29.0. The summed E-state index contributed by atoms with van der Waals surface area (Å²) in [5, 5.41) is 3.72. The number of rotatable bonds is 7. The van der Waals surface area contributed by atoms with Gasteiger partial charge in [-0.1, -0.05) is 47.5 Å². The highest BCUT2D eigenvalue weighted by Gasteiger charge is 2.31. The van der Waals surface area contributed by atoms with Crippen LogP contribution >= 0.6 is 23.2 Å². The minimum atomic E-state index is -3.51. The Kier molecular flexibility index (Phi) is 7.38. The predicted octanol–water partition coefficient (Wildman–Crippen LogP) is 4.04. The molecule has 4 rings (SSSR count). The maximum atomic E-state index is 12.8. The van der Waals surface area contributed by atoms with E-state index >= 15 is 0 Å². The van der Waals surface area contributed by atoms with Crippen LogP contribution in [0.25, 0.3) is 5.69 Å². The number of hydrogen-bond acceptors (Lipinski definition) is 4. The van der Waals surface area contributed by atoms with E-state index < -0.39 is 10.0 Å². The Hall–Kier alpha value is -2.39. The van der Waals surface area contributed by atoms with E-state index in [4.69, 9.17) is 23.2 Å². The van der Waals surface area contributed by atoms with E-state index in [1.165, 1.54) is 4.31 Å². The second-order valence-corrected chi connectivity index (χ2v) is 10.8. The zero-order chi connectivity index (χ0) is 23.4. The van der Waals surface area contributed by atoms with Crippen molar-refractivity contribution in [2.24, 2.45) is 5.92 Å². The molecule has 1 aliphatic heterocycles. The number of para-hydroxylation sites is 1. The molecule has 10 heteroatoms. The van der Waals surface area contributed by atoms with Gasteiger partial charge in [0, 0.05) is 37.9 Å². The summed E-state index contributed by atoms with van der Waals surface area (Å²) in [6, 6.07) is 12.6. The molecule has 1 aliphatic rings. The van der Waals surface area contributed by atoms with Gasteiger partial charge in [-0.3, -0.25) is 4.79 Å². The van der Waals surface area contributed by atoms with Crippen molar-refractivity contribution in [2.45, 2.75) is 25.1 Å². The zero-order valence-electron chi connectivity index (χ0n) is 17.8. The maximum Gasteiger partial charge on any atom is 0.223 e. The van der Waals surface area contributed by atoms with E-state index in [1.54, 1.807) is 30.7 Å². The van der Waals surface area contributed by atoms with Gasteiger partial charge < -0.3 is 9.88 Å². The third kappa shape index (κ3) is 5.76. The number of halogens is 2. The molecule has 0 aliphatic carbocycles. The fourth-order valence-electron chi connectivity index (χ4n) is 3.97. The molecule has 0 spiro atoms. The van der Waals surface area contributed by atoms with Gasteiger partial charge in [-0.2, -0.15) is 0 Å². The molecule has 1 amide bonds. The first kappa shape index (κ1) is 23.8. The number of carbonyl (C=O) groups excluding carboxylic acids is 1. The average molecular weight is 507 g/mol. The largest absolute Gasteiger partial charge is 0.352 e. The number of benzene rings is 2. The second-order valence-electron chi connectivity index (χ2n) is 7.99. The molecule has 33 heavy (non-hydrogen) atoms. The third-order valence-corrected chi connectivity index (χ3v) is 8.37. The van der Waals surface area contributed by atoms with Gasteiger partial charge in [0.2, 0.25) is 15.9 Å². The number of aromatic nitrogens is 2. The smallest absolute Gasteiger partial charge is 0.223 e. The number of nitrogens with one attached hydrogen (secondary N) is 1. The third-order valence-electron chi connectivity index (χ3n) is 5.78. The van der Waals surface area contributed by atoms with Crippen molar-refractivity contribution in [3.63, 3.8) is 0 Å². The van der Waals surface area contributed by atoms with Gasteiger partial charge in [0.15, 0.2) is 0 Å². The number of nitrogens with zero attached hydrogens (tertiary/aromatic N) is 3. The number of sulfonamides is 1. The number of carbonyl (C=O) groups is 1. The van der Waals surface area contributed by atoms with Gasteiger partial charge in [-0.05, 0) is 42.2 Å². The first-order valence-electron chi connectivity index (χ1n) is 10.6. The van der Waals surface area contributed by atoms with Crippen molar-refractivity contribution in [3.05, 3.63) is 82.4 Å². The van der Waals surface area contributed by atoms with Crippen LogP contribution in [-0.4, -0.2) is 41.3 Å². The summed E-state index contributed by atoms with van der Waals surface area (Å²) in [6.45, 7) is 1.02. The summed E-state index contributed by atoms with van der Waals surface area (Å²) in [7, 11) is -3.51. The molecular weight excluding hydrogens is 483 g/mol. The Morgan fingerprint density at radius 2 is 1.85 bits per heavy atom. The first-order valence-corrected chi connectivity index (χ1v) is 13.0. The zero-order valence-corrected chi connectivity index (χ0v) is 20.2. The van der Waals surface area contributed by atoms with Gasteiger partial charge in [-0.25, -0.2) is 17.7 Å². The maximum absolute atomic E-state index is 12.8. The molecule has 7 nitrogen and oxygen atoms in total. The highest BCUT2D eigenvalue weighted by atomic mass is 35.5. The quantitative estimate of drug-likeness (QED) is 0.523. The van der Waals surface area contributed by atoms with E-state index in [0.717, 1.165) is 11.3 Å². The second kappa shape index (κ2) is 10.3. The predicted molar refractivity (Wildman–Crippen MR) is 129 cm³/mol. The molecule has 0 atom stereocenters. The van der Waals surface area contributed by atoms with Gasteiger partial charge in [0.05, 0.1) is 27.8 Å². The van der Waals surface area contributed by atoms with Crippen molar-refractivity contribution in [2.75, 3.05) is 13.1 Å². The normalized spacial score (nSPS) is 15.5. The minimum Gasteiger partial charge on any atom is -0.352 e. The molecule has 1 fully saturated rings. The first-order chi connectivity index (χ1) is 15.8. The average Bonchev–Trinajstić information content (AvgIpc) is 3.35. The Balaban J connectivity index is 1.32. The lowest BCUT2D eigenvalue weighted by molar-refractivity contribution is -0.126. The Bertz CT molecular complexity index is 1220. The minimum absolute atomic E-state index is 0.0584. The van der Waals surface area contributed by atoms with Crippen LogP contribution in [0.15, 0.2) is 61.2 Å². The molecule has 2 heterocycles. The van der Waals surface area contributed by atoms with Gasteiger partial charge >= 0.3 is 0 Å². The fraction of sp³-hybridized carbons (Fsp3) is 0.304. The summed E-state index contributed by atoms with van der Waals surface area (Å²) >= 11 is 11.9. The van der Waals surface area contributed by atoms with E-state index in [1.807, 2.05) is 35.0 Å². The van der Waals surface area contributed by atoms with Gasteiger partial charge in [-0.15, -0.1) is 0 Å². The molecule has 3 aromatic rings. The van der Waals surface area contributed by atoms with Crippen LogP contribution in [0.2, 0.25) is 10.0 Å². The number of piperidine rings is 1. The van der Waals surface area contributed by atoms with Crippen molar-refractivity contribution in [3.8, 4) is 5.69 Å².